The minimum atomic E-state index is -0.777. The van der Waals surface area contributed by atoms with Gasteiger partial charge in [-0.05, 0) is 35.4 Å². The van der Waals surface area contributed by atoms with Gasteiger partial charge in [-0.1, -0.05) is 36.4 Å². The Balaban J connectivity index is 2.09. The van der Waals surface area contributed by atoms with Crippen molar-refractivity contribution in [3.05, 3.63) is 65.7 Å². The number of hydrogen-bond donors (Lipinski definition) is 2. The first-order chi connectivity index (χ1) is 11.2. The molecule has 2 unspecified atom stereocenters. The van der Waals surface area contributed by atoms with Crippen molar-refractivity contribution in [3.63, 3.8) is 0 Å². The van der Waals surface area contributed by atoms with Crippen molar-refractivity contribution in [2.75, 3.05) is 20.8 Å². The number of methoxy groups -OCH3 is 2. The maximum absolute atomic E-state index is 10.4. The summed E-state index contributed by atoms with van der Waals surface area (Å²) in [4.78, 5) is 0. The molecule has 2 aromatic rings. The Labute approximate surface area is 136 Å². The number of ether oxygens (including phenoxy) is 2. The van der Waals surface area contributed by atoms with E-state index in [1.54, 1.807) is 38.5 Å². The van der Waals surface area contributed by atoms with Crippen molar-refractivity contribution < 1.29 is 19.7 Å². The Hall–Kier alpha value is -2.30. The molecular weight excluding hydrogens is 292 g/mol. The molecule has 4 nitrogen and oxygen atoms in total. The molecule has 2 N–H and O–H groups in total. The van der Waals surface area contributed by atoms with Crippen molar-refractivity contribution in [3.8, 4) is 11.5 Å². The van der Waals surface area contributed by atoms with E-state index in [1.165, 1.54) is 0 Å². The van der Waals surface area contributed by atoms with Crippen molar-refractivity contribution in [2.24, 2.45) is 5.92 Å². The molecule has 0 aliphatic rings. The lowest BCUT2D eigenvalue weighted by Crippen LogP contribution is -2.14. The highest BCUT2D eigenvalue weighted by atomic mass is 16.5. The molecule has 122 valence electrons. The van der Waals surface area contributed by atoms with Gasteiger partial charge in [0.05, 0.1) is 26.9 Å². The molecule has 2 atom stereocenters. The van der Waals surface area contributed by atoms with Crippen LogP contribution < -0.4 is 9.47 Å². The second-order valence-electron chi connectivity index (χ2n) is 5.20. The summed E-state index contributed by atoms with van der Waals surface area (Å²) < 4.78 is 10.2. The fourth-order valence-corrected chi connectivity index (χ4v) is 2.26. The maximum atomic E-state index is 10.4. The van der Waals surface area contributed by atoms with Gasteiger partial charge in [0.15, 0.2) is 0 Å². The molecule has 2 aromatic carbocycles. The van der Waals surface area contributed by atoms with Gasteiger partial charge in [-0.2, -0.15) is 0 Å². The molecule has 0 heterocycles. The number of aliphatic hydroxyl groups excluding tert-OH is 2. The van der Waals surface area contributed by atoms with Crippen molar-refractivity contribution in [1.29, 1.82) is 0 Å². The summed E-state index contributed by atoms with van der Waals surface area (Å²) >= 11 is 0. The van der Waals surface area contributed by atoms with E-state index in [2.05, 4.69) is 0 Å². The molecule has 0 aliphatic heterocycles. The molecule has 0 spiro atoms. The van der Waals surface area contributed by atoms with E-state index in [-0.39, 0.29) is 12.5 Å². The first-order valence-electron chi connectivity index (χ1n) is 7.43. The second kappa shape index (κ2) is 8.36. The number of benzene rings is 2. The summed E-state index contributed by atoms with van der Waals surface area (Å²) in [5.74, 6) is 1.14. The SMILES string of the molecule is COc1ccc(C=CC(CO)C(O)c2ccc(OC)cc2)cc1. The van der Waals surface area contributed by atoms with Crippen LogP contribution >= 0.6 is 0 Å². The minimum absolute atomic E-state index is 0.139. The molecule has 4 heteroatoms. The van der Waals surface area contributed by atoms with Gasteiger partial charge in [-0.25, -0.2) is 0 Å². The predicted octanol–water partition coefficient (Wildman–Crippen LogP) is 3.06. The lowest BCUT2D eigenvalue weighted by molar-refractivity contribution is 0.0923. The summed E-state index contributed by atoms with van der Waals surface area (Å²) in [6.45, 7) is -0.139. The maximum Gasteiger partial charge on any atom is 0.118 e. The molecule has 2 rings (SSSR count). The van der Waals surface area contributed by atoms with Crippen LogP contribution in [0.1, 0.15) is 17.2 Å². The largest absolute Gasteiger partial charge is 0.497 e. The van der Waals surface area contributed by atoms with Crippen LogP contribution in [-0.4, -0.2) is 31.0 Å². The van der Waals surface area contributed by atoms with Crippen LogP contribution in [0.25, 0.3) is 6.08 Å². The highest BCUT2D eigenvalue weighted by Crippen LogP contribution is 2.25. The van der Waals surface area contributed by atoms with Crippen LogP contribution in [-0.2, 0) is 0 Å². The van der Waals surface area contributed by atoms with Gasteiger partial charge in [0.25, 0.3) is 0 Å². The summed E-state index contributed by atoms with van der Waals surface area (Å²) in [6, 6.07) is 14.8. The fourth-order valence-electron chi connectivity index (χ4n) is 2.26. The van der Waals surface area contributed by atoms with E-state index < -0.39 is 6.10 Å². The van der Waals surface area contributed by atoms with Gasteiger partial charge in [-0.3, -0.25) is 0 Å². The third-order valence-corrected chi connectivity index (χ3v) is 3.73. The number of hydrogen-bond acceptors (Lipinski definition) is 4. The van der Waals surface area contributed by atoms with Gasteiger partial charge in [0.2, 0.25) is 0 Å². The number of aliphatic hydroxyl groups is 2. The van der Waals surface area contributed by atoms with Crippen LogP contribution in [0, 0.1) is 5.92 Å². The van der Waals surface area contributed by atoms with E-state index in [4.69, 9.17) is 9.47 Å². The van der Waals surface area contributed by atoms with Crippen LogP contribution in [0.5, 0.6) is 11.5 Å². The molecule has 0 radical (unpaired) electrons. The Kier molecular flexibility index (Phi) is 6.20. The van der Waals surface area contributed by atoms with E-state index in [0.29, 0.717) is 0 Å². The molecule has 0 aliphatic carbocycles. The van der Waals surface area contributed by atoms with Gasteiger partial charge in [0.1, 0.15) is 11.5 Å². The summed E-state index contributed by atoms with van der Waals surface area (Å²) in [7, 11) is 3.22. The van der Waals surface area contributed by atoms with E-state index in [1.807, 2.05) is 36.4 Å². The van der Waals surface area contributed by atoms with Crippen LogP contribution in [0.15, 0.2) is 54.6 Å². The molecule has 0 bridgehead atoms. The van der Waals surface area contributed by atoms with Crippen molar-refractivity contribution in [2.45, 2.75) is 6.10 Å². The predicted molar refractivity (Wildman–Crippen MR) is 90.6 cm³/mol. The Morgan fingerprint density at radius 3 is 1.91 bits per heavy atom. The average Bonchev–Trinajstić information content (AvgIpc) is 2.62. The first kappa shape index (κ1) is 17.1. The summed E-state index contributed by atoms with van der Waals surface area (Å²) in [5, 5.41) is 20.0. The van der Waals surface area contributed by atoms with Crippen molar-refractivity contribution >= 4 is 6.08 Å². The minimum Gasteiger partial charge on any atom is -0.497 e. The van der Waals surface area contributed by atoms with Crippen LogP contribution in [0.4, 0.5) is 0 Å². The topological polar surface area (TPSA) is 58.9 Å². The third-order valence-electron chi connectivity index (χ3n) is 3.73. The summed E-state index contributed by atoms with van der Waals surface area (Å²) in [5.41, 5.74) is 1.72. The smallest absolute Gasteiger partial charge is 0.118 e. The standard InChI is InChI=1S/C19H22O4/c1-22-17-9-4-14(5-10-17)3-6-16(13-20)19(21)15-7-11-18(23-2)12-8-15/h3-12,16,19-21H,13H2,1-2H3. The van der Waals surface area contributed by atoms with Crippen molar-refractivity contribution in [1.82, 2.24) is 0 Å². The molecule has 0 aromatic heterocycles. The zero-order valence-electron chi connectivity index (χ0n) is 13.3. The lowest BCUT2D eigenvalue weighted by atomic mass is 9.95. The Morgan fingerprint density at radius 2 is 1.43 bits per heavy atom. The lowest BCUT2D eigenvalue weighted by Gasteiger charge is -2.18. The van der Waals surface area contributed by atoms with Gasteiger partial charge < -0.3 is 19.7 Å². The fraction of sp³-hybridized carbons (Fsp3) is 0.263. The molecule has 23 heavy (non-hydrogen) atoms. The van der Waals surface area contributed by atoms with Gasteiger partial charge >= 0.3 is 0 Å². The Bertz CT molecular complexity index is 617. The molecule has 0 saturated carbocycles. The van der Waals surface area contributed by atoms with Gasteiger partial charge in [0, 0.05) is 5.92 Å². The zero-order valence-corrected chi connectivity index (χ0v) is 13.3. The van der Waals surface area contributed by atoms with Gasteiger partial charge in [-0.15, -0.1) is 0 Å². The second-order valence-corrected chi connectivity index (χ2v) is 5.20. The summed E-state index contributed by atoms with van der Waals surface area (Å²) in [6.07, 6.45) is 2.92. The first-order valence-corrected chi connectivity index (χ1v) is 7.43. The number of rotatable bonds is 7. The van der Waals surface area contributed by atoms with E-state index in [0.717, 1.165) is 22.6 Å². The third kappa shape index (κ3) is 4.58. The quantitative estimate of drug-likeness (QED) is 0.824. The molecule has 0 amide bonds. The monoisotopic (exact) mass is 314 g/mol. The normalized spacial score (nSPS) is 13.7. The molecular formula is C19H22O4. The highest BCUT2D eigenvalue weighted by molar-refractivity contribution is 5.51. The highest BCUT2D eigenvalue weighted by Gasteiger charge is 2.17. The van der Waals surface area contributed by atoms with Crippen LogP contribution in [0.2, 0.25) is 0 Å². The molecule has 0 fully saturated rings. The average molecular weight is 314 g/mol. The zero-order chi connectivity index (χ0) is 16.7. The molecule has 0 saturated heterocycles. The van der Waals surface area contributed by atoms with E-state index >= 15 is 0 Å². The van der Waals surface area contributed by atoms with Crippen LogP contribution in [0.3, 0.4) is 0 Å². The van der Waals surface area contributed by atoms with E-state index in [9.17, 15) is 10.2 Å². The Morgan fingerprint density at radius 1 is 0.913 bits per heavy atom.